The molecule has 1 aromatic heterocycles. The molecule has 1 N–H and O–H groups in total. The van der Waals surface area contributed by atoms with E-state index in [1.807, 2.05) is 6.92 Å². The molecule has 4 nitrogen and oxygen atoms in total. The molecule has 0 radical (unpaired) electrons. The highest BCUT2D eigenvalue weighted by molar-refractivity contribution is 5.69. The summed E-state index contributed by atoms with van der Waals surface area (Å²) in [6.45, 7) is 1.87. The van der Waals surface area contributed by atoms with Gasteiger partial charge >= 0.3 is 5.97 Å². The van der Waals surface area contributed by atoms with Gasteiger partial charge < -0.3 is 5.11 Å². The highest BCUT2D eigenvalue weighted by Gasteiger charge is 2.27. The molecule has 1 aliphatic rings. The minimum Gasteiger partial charge on any atom is -0.481 e. The zero-order valence-corrected chi connectivity index (χ0v) is 8.03. The summed E-state index contributed by atoms with van der Waals surface area (Å²) in [6, 6.07) is 1.74. The number of hydrogen-bond donors (Lipinski definition) is 1. The van der Waals surface area contributed by atoms with Crippen LogP contribution in [0.3, 0.4) is 0 Å². The molecule has 0 bridgehead atoms. The number of aryl methyl sites for hydroxylation is 1. The first-order chi connectivity index (χ1) is 6.65. The van der Waals surface area contributed by atoms with Crippen LogP contribution in [0.25, 0.3) is 0 Å². The average molecular weight is 192 g/mol. The first-order valence-electron chi connectivity index (χ1n) is 4.71. The van der Waals surface area contributed by atoms with Crippen LogP contribution < -0.4 is 0 Å². The molecule has 1 aliphatic carbocycles. The van der Waals surface area contributed by atoms with Crippen LogP contribution in [-0.2, 0) is 11.2 Å². The predicted octanol–water partition coefficient (Wildman–Crippen LogP) is 1.29. The van der Waals surface area contributed by atoms with Gasteiger partial charge in [0.15, 0.2) is 0 Å². The summed E-state index contributed by atoms with van der Waals surface area (Å²) < 4.78 is 0. The lowest BCUT2D eigenvalue weighted by molar-refractivity contribution is -0.136. The highest BCUT2D eigenvalue weighted by Crippen LogP contribution is 2.37. The molecule has 74 valence electrons. The molecule has 14 heavy (non-hydrogen) atoms. The summed E-state index contributed by atoms with van der Waals surface area (Å²) in [7, 11) is 0. The van der Waals surface area contributed by atoms with Crippen molar-refractivity contribution in [2.24, 2.45) is 0 Å². The van der Waals surface area contributed by atoms with Crippen molar-refractivity contribution in [3.05, 3.63) is 23.3 Å². The van der Waals surface area contributed by atoms with Gasteiger partial charge in [0, 0.05) is 11.6 Å². The Bertz CT molecular complexity index is 372. The second-order valence-corrected chi connectivity index (χ2v) is 3.70. The molecule has 0 amide bonds. The van der Waals surface area contributed by atoms with Crippen molar-refractivity contribution in [1.29, 1.82) is 0 Å². The number of nitrogens with zero attached hydrogens (tertiary/aromatic N) is 2. The van der Waals surface area contributed by atoms with Crippen LogP contribution in [0.15, 0.2) is 6.07 Å². The Morgan fingerprint density at radius 2 is 2.29 bits per heavy atom. The van der Waals surface area contributed by atoms with E-state index < -0.39 is 5.97 Å². The van der Waals surface area contributed by atoms with Gasteiger partial charge in [-0.05, 0) is 25.8 Å². The van der Waals surface area contributed by atoms with Crippen molar-refractivity contribution in [3.63, 3.8) is 0 Å². The van der Waals surface area contributed by atoms with Gasteiger partial charge in [0.2, 0.25) is 0 Å². The van der Waals surface area contributed by atoms with Crippen molar-refractivity contribution in [2.45, 2.75) is 32.1 Å². The lowest BCUT2D eigenvalue weighted by Crippen LogP contribution is -2.06. The molecule has 0 atom stereocenters. The van der Waals surface area contributed by atoms with Crippen molar-refractivity contribution in [2.75, 3.05) is 0 Å². The third-order valence-corrected chi connectivity index (χ3v) is 2.20. The fourth-order valence-electron chi connectivity index (χ4n) is 1.43. The van der Waals surface area contributed by atoms with Crippen molar-refractivity contribution in [3.8, 4) is 0 Å². The Labute approximate surface area is 82.0 Å². The first kappa shape index (κ1) is 9.12. The minimum absolute atomic E-state index is 0.0108. The Hall–Kier alpha value is -1.45. The maximum Gasteiger partial charge on any atom is 0.309 e. The standard InChI is InChI=1S/C10H12N2O2/c1-6-4-8(5-9(13)14)12-10(11-6)7-2-3-7/h4,7H,2-3,5H2,1H3,(H,13,14). The van der Waals surface area contributed by atoms with Crippen LogP contribution in [0.5, 0.6) is 0 Å². The molecule has 0 saturated heterocycles. The van der Waals surface area contributed by atoms with E-state index in [0.717, 1.165) is 24.4 Å². The molecule has 1 saturated carbocycles. The third kappa shape index (κ3) is 2.07. The van der Waals surface area contributed by atoms with Crippen molar-refractivity contribution >= 4 is 5.97 Å². The average Bonchev–Trinajstić information content (AvgIpc) is 2.82. The van der Waals surface area contributed by atoms with Gasteiger partial charge in [-0.3, -0.25) is 4.79 Å². The third-order valence-electron chi connectivity index (χ3n) is 2.20. The summed E-state index contributed by atoms with van der Waals surface area (Å²) in [5.41, 5.74) is 1.48. The van der Waals surface area contributed by atoms with E-state index in [1.54, 1.807) is 6.07 Å². The smallest absolute Gasteiger partial charge is 0.309 e. The maximum atomic E-state index is 10.5. The molecule has 1 fully saturated rings. The summed E-state index contributed by atoms with van der Waals surface area (Å²) in [4.78, 5) is 19.1. The van der Waals surface area contributed by atoms with Crippen LogP contribution in [0.4, 0.5) is 0 Å². The van der Waals surface area contributed by atoms with E-state index >= 15 is 0 Å². The largest absolute Gasteiger partial charge is 0.481 e. The first-order valence-corrected chi connectivity index (χ1v) is 4.71. The van der Waals surface area contributed by atoms with E-state index in [4.69, 9.17) is 5.11 Å². The molecule has 0 aliphatic heterocycles. The summed E-state index contributed by atoms with van der Waals surface area (Å²) >= 11 is 0. The Balaban J connectivity index is 2.26. The van der Waals surface area contributed by atoms with Gasteiger partial charge in [0.05, 0.1) is 12.1 Å². The Morgan fingerprint density at radius 1 is 1.57 bits per heavy atom. The zero-order chi connectivity index (χ0) is 10.1. The second-order valence-electron chi connectivity index (χ2n) is 3.70. The van der Waals surface area contributed by atoms with Gasteiger partial charge in [-0.2, -0.15) is 0 Å². The molecule has 1 heterocycles. The van der Waals surface area contributed by atoms with Crippen molar-refractivity contribution < 1.29 is 9.90 Å². The van der Waals surface area contributed by atoms with Crippen LogP contribution in [0.1, 0.15) is 36.0 Å². The van der Waals surface area contributed by atoms with Crippen LogP contribution in [-0.4, -0.2) is 21.0 Å². The molecule has 4 heteroatoms. The molecular weight excluding hydrogens is 180 g/mol. The van der Waals surface area contributed by atoms with Gasteiger partial charge in [-0.1, -0.05) is 0 Å². The zero-order valence-electron chi connectivity index (χ0n) is 8.03. The number of hydrogen-bond acceptors (Lipinski definition) is 3. The number of rotatable bonds is 3. The minimum atomic E-state index is -0.843. The lowest BCUT2D eigenvalue weighted by atomic mass is 10.2. The molecule has 0 spiro atoms. The van der Waals surface area contributed by atoms with Crippen LogP contribution >= 0.6 is 0 Å². The molecule has 0 unspecified atom stereocenters. The molecule has 1 aromatic rings. The number of carboxylic acid groups (broad SMARTS) is 1. The van der Waals surface area contributed by atoms with E-state index in [-0.39, 0.29) is 6.42 Å². The van der Waals surface area contributed by atoms with Crippen LogP contribution in [0.2, 0.25) is 0 Å². The van der Waals surface area contributed by atoms with Gasteiger partial charge in [-0.25, -0.2) is 9.97 Å². The van der Waals surface area contributed by atoms with Gasteiger partial charge in [0.1, 0.15) is 5.82 Å². The number of carbonyl (C=O) groups is 1. The lowest BCUT2D eigenvalue weighted by Gasteiger charge is -2.02. The van der Waals surface area contributed by atoms with Gasteiger partial charge in [-0.15, -0.1) is 0 Å². The molecule has 2 rings (SSSR count). The predicted molar refractivity (Wildman–Crippen MR) is 50.1 cm³/mol. The SMILES string of the molecule is Cc1cc(CC(=O)O)nc(C2CC2)n1. The monoisotopic (exact) mass is 192 g/mol. The van der Waals surface area contributed by atoms with E-state index in [0.29, 0.717) is 11.6 Å². The van der Waals surface area contributed by atoms with E-state index in [9.17, 15) is 4.79 Å². The quantitative estimate of drug-likeness (QED) is 0.783. The van der Waals surface area contributed by atoms with Crippen molar-refractivity contribution in [1.82, 2.24) is 9.97 Å². The fraction of sp³-hybridized carbons (Fsp3) is 0.500. The second kappa shape index (κ2) is 3.36. The Morgan fingerprint density at radius 3 is 2.86 bits per heavy atom. The van der Waals surface area contributed by atoms with Crippen LogP contribution in [0, 0.1) is 6.92 Å². The highest BCUT2D eigenvalue weighted by atomic mass is 16.4. The number of aliphatic carboxylic acids is 1. The summed E-state index contributed by atoms with van der Waals surface area (Å²) in [5.74, 6) is 0.452. The summed E-state index contributed by atoms with van der Waals surface area (Å²) in [5, 5.41) is 8.64. The molecule has 0 aromatic carbocycles. The summed E-state index contributed by atoms with van der Waals surface area (Å²) in [6.07, 6.45) is 2.26. The van der Waals surface area contributed by atoms with E-state index in [1.165, 1.54) is 0 Å². The molecular formula is C10H12N2O2. The topological polar surface area (TPSA) is 63.1 Å². The number of carboxylic acids is 1. The number of aromatic nitrogens is 2. The Kier molecular flexibility index (Phi) is 2.19. The fourth-order valence-corrected chi connectivity index (χ4v) is 1.43. The van der Waals surface area contributed by atoms with E-state index in [2.05, 4.69) is 9.97 Å². The maximum absolute atomic E-state index is 10.5. The van der Waals surface area contributed by atoms with Gasteiger partial charge in [0.25, 0.3) is 0 Å². The normalized spacial score (nSPS) is 15.5.